The molecule has 0 aliphatic carbocycles. The van der Waals surface area contributed by atoms with Crippen molar-refractivity contribution in [1.29, 1.82) is 0 Å². The normalized spacial score (nSPS) is 20.9. The predicted molar refractivity (Wildman–Crippen MR) is 85.7 cm³/mol. The Labute approximate surface area is 130 Å². The Balaban J connectivity index is 2.02. The number of rotatable bonds is 3. The summed E-state index contributed by atoms with van der Waals surface area (Å²) < 4.78 is 5.58. The largest absolute Gasteiger partial charge is 0.478 e. The molecule has 0 spiro atoms. The van der Waals surface area contributed by atoms with Crippen LogP contribution in [0.2, 0.25) is 0 Å². The monoisotopic (exact) mass is 299 g/mol. The first-order valence-electron chi connectivity index (χ1n) is 7.75. The van der Waals surface area contributed by atoms with Gasteiger partial charge in [-0.05, 0) is 36.1 Å². The number of aryl methyl sites for hydroxylation is 2. The molecule has 0 amide bonds. The molecule has 4 nitrogen and oxygen atoms in total. The Morgan fingerprint density at radius 2 is 2.23 bits per heavy atom. The molecule has 0 radical (unpaired) electrons. The summed E-state index contributed by atoms with van der Waals surface area (Å²) in [5.41, 5.74) is 6.67. The Morgan fingerprint density at radius 1 is 1.45 bits per heavy atom. The van der Waals surface area contributed by atoms with Gasteiger partial charge in [-0.25, -0.2) is 4.79 Å². The first-order chi connectivity index (χ1) is 10.5. The average Bonchev–Trinajstić information content (AvgIpc) is 2.91. The highest BCUT2D eigenvalue weighted by Gasteiger charge is 2.27. The summed E-state index contributed by atoms with van der Waals surface area (Å²) in [5.74, 6) is -0.554. The van der Waals surface area contributed by atoms with E-state index >= 15 is 0 Å². The maximum Gasteiger partial charge on any atom is 0.335 e. The number of nitrogens with zero attached hydrogens (tertiary/aromatic N) is 1. The summed E-state index contributed by atoms with van der Waals surface area (Å²) in [7, 11) is 0. The van der Waals surface area contributed by atoms with Crippen LogP contribution in [-0.4, -0.2) is 30.0 Å². The molecule has 0 aromatic heterocycles. The fraction of sp³-hybridized carbons (Fsp3) is 0.444. The fourth-order valence-corrected chi connectivity index (χ4v) is 3.30. The quantitative estimate of drug-likeness (QED) is 0.931. The number of carboxylic acids is 1. The minimum Gasteiger partial charge on any atom is -0.478 e. The predicted octanol–water partition coefficient (Wildman–Crippen LogP) is 3.37. The van der Waals surface area contributed by atoms with Crippen LogP contribution >= 0.6 is 0 Å². The lowest BCUT2D eigenvalue weighted by Crippen LogP contribution is -2.16. The van der Waals surface area contributed by atoms with Gasteiger partial charge in [-0.2, -0.15) is 0 Å². The smallest absolute Gasteiger partial charge is 0.335 e. The maximum absolute atomic E-state index is 11.5. The van der Waals surface area contributed by atoms with Crippen molar-refractivity contribution in [1.82, 2.24) is 0 Å². The molecule has 1 atom stereocenters. The summed E-state index contributed by atoms with van der Waals surface area (Å²) in [4.78, 5) is 16.3. The molecule has 2 aliphatic rings. The standard InChI is InChI=1S/C18H21NO3/c1-4-12-5-10(2)14(7-15(12)18(20)21)16-6-13-9-22-8-11(3)17(13)19-16/h5,7,11H,4,6,8-9H2,1-3H3,(H,20,21). The van der Waals surface area contributed by atoms with Crippen molar-refractivity contribution in [3.63, 3.8) is 0 Å². The fourth-order valence-electron chi connectivity index (χ4n) is 3.30. The molecule has 0 bridgehead atoms. The molecule has 1 aromatic rings. The second-order valence-electron chi connectivity index (χ2n) is 6.12. The van der Waals surface area contributed by atoms with Crippen LogP contribution in [0.15, 0.2) is 28.4 Å². The molecule has 0 saturated carbocycles. The van der Waals surface area contributed by atoms with Crippen LogP contribution in [0.3, 0.4) is 0 Å². The maximum atomic E-state index is 11.5. The van der Waals surface area contributed by atoms with Gasteiger partial charge in [0.1, 0.15) is 0 Å². The molecule has 1 aromatic carbocycles. The van der Waals surface area contributed by atoms with Gasteiger partial charge in [0.25, 0.3) is 0 Å². The van der Waals surface area contributed by atoms with E-state index in [0.29, 0.717) is 24.7 Å². The Bertz CT molecular complexity index is 701. The number of hydrogen-bond acceptors (Lipinski definition) is 3. The van der Waals surface area contributed by atoms with Crippen LogP contribution in [0.4, 0.5) is 0 Å². The Kier molecular flexibility index (Phi) is 3.87. The molecule has 3 rings (SSSR count). The molecule has 0 saturated heterocycles. The number of ether oxygens (including phenoxy) is 1. The van der Waals surface area contributed by atoms with Gasteiger partial charge in [0.15, 0.2) is 0 Å². The summed E-state index contributed by atoms with van der Waals surface area (Å²) >= 11 is 0. The minimum absolute atomic E-state index is 0.315. The highest BCUT2D eigenvalue weighted by molar-refractivity contribution is 6.07. The zero-order valence-electron chi connectivity index (χ0n) is 13.3. The number of carboxylic acid groups (broad SMARTS) is 1. The van der Waals surface area contributed by atoms with Gasteiger partial charge in [0, 0.05) is 23.6 Å². The summed E-state index contributed by atoms with van der Waals surface area (Å²) in [6.45, 7) is 7.48. The lowest BCUT2D eigenvalue weighted by molar-refractivity contribution is 0.0695. The molecule has 116 valence electrons. The van der Waals surface area contributed by atoms with Crippen LogP contribution in [0.25, 0.3) is 0 Å². The van der Waals surface area contributed by atoms with E-state index in [0.717, 1.165) is 40.9 Å². The van der Waals surface area contributed by atoms with Gasteiger partial charge in [0.05, 0.1) is 24.5 Å². The molecule has 1 N–H and O–H groups in total. The lowest BCUT2D eigenvalue weighted by atomic mass is 9.93. The van der Waals surface area contributed by atoms with Crippen molar-refractivity contribution in [3.05, 3.63) is 45.7 Å². The zero-order chi connectivity index (χ0) is 15.9. The SMILES string of the molecule is CCc1cc(C)c(C2=NC3=C(COCC3C)C2)cc1C(=O)O. The van der Waals surface area contributed by atoms with Crippen LogP contribution in [-0.2, 0) is 11.2 Å². The van der Waals surface area contributed by atoms with Crippen LogP contribution in [0.5, 0.6) is 0 Å². The van der Waals surface area contributed by atoms with Crippen molar-refractivity contribution in [2.24, 2.45) is 10.9 Å². The van der Waals surface area contributed by atoms with E-state index in [2.05, 4.69) is 6.92 Å². The third-order valence-corrected chi connectivity index (χ3v) is 4.48. The lowest BCUT2D eigenvalue weighted by Gasteiger charge is -2.19. The van der Waals surface area contributed by atoms with Gasteiger partial charge in [0.2, 0.25) is 0 Å². The van der Waals surface area contributed by atoms with Crippen LogP contribution in [0.1, 0.15) is 47.3 Å². The first kappa shape index (κ1) is 15.0. The van der Waals surface area contributed by atoms with Gasteiger partial charge in [-0.1, -0.05) is 19.9 Å². The van der Waals surface area contributed by atoms with Gasteiger partial charge >= 0.3 is 5.97 Å². The molecule has 1 unspecified atom stereocenters. The van der Waals surface area contributed by atoms with E-state index in [9.17, 15) is 9.90 Å². The van der Waals surface area contributed by atoms with Gasteiger partial charge in [-0.15, -0.1) is 0 Å². The molecule has 4 heteroatoms. The number of benzene rings is 1. The minimum atomic E-state index is -0.869. The molecule has 22 heavy (non-hydrogen) atoms. The molecular weight excluding hydrogens is 278 g/mol. The molecule has 2 heterocycles. The topological polar surface area (TPSA) is 58.9 Å². The first-order valence-corrected chi connectivity index (χ1v) is 7.75. The van der Waals surface area contributed by atoms with E-state index in [-0.39, 0.29) is 0 Å². The van der Waals surface area contributed by atoms with Crippen molar-refractivity contribution in [2.75, 3.05) is 13.2 Å². The van der Waals surface area contributed by atoms with Crippen molar-refractivity contribution >= 4 is 11.7 Å². The highest BCUT2D eigenvalue weighted by atomic mass is 16.5. The van der Waals surface area contributed by atoms with Gasteiger partial charge in [-0.3, -0.25) is 4.99 Å². The summed E-state index contributed by atoms with van der Waals surface area (Å²) in [6.07, 6.45) is 1.49. The highest BCUT2D eigenvalue weighted by Crippen LogP contribution is 2.33. The van der Waals surface area contributed by atoms with E-state index in [4.69, 9.17) is 9.73 Å². The van der Waals surface area contributed by atoms with E-state index in [1.807, 2.05) is 19.9 Å². The number of hydrogen-bond donors (Lipinski definition) is 1. The average molecular weight is 299 g/mol. The Hall–Kier alpha value is -1.94. The molecule has 2 aliphatic heterocycles. The molecular formula is C18H21NO3. The summed E-state index contributed by atoms with van der Waals surface area (Å²) in [5, 5.41) is 9.43. The van der Waals surface area contributed by atoms with Crippen LogP contribution < -0.4 is 0 Å². The number of carbonyl (C=O) groups is 1. The summed E-state index contributed by atoms with van der Waals surface area (Å²) in [6, 6.07) is 3.78. The van der Waals surface area contributed by atoms with Gasteiger partial charge < -0.3 is 9.84 Å². The third kappa shape index (κ3) is 2.48. The van der Waals surface area contributed by atoms with Crippen molar-refractivity contribution in [3.8, 4) is 0 Å². The molecule has 0 fully saturated rings. The number of aromatic carboxylic acids is 1. The van der Waals surface area contributed by atoms with E-state index < -0.39 is 5.97 Å². The van der Waals surface area contributed by atoms with Crippen molar-refractivity contribution in [2.45, 2.75) is 33.6 Å². The van der Waals surface area contributed by atoms with Crippen LogP contribution in [0, 0.1) is 12.8 Å². The van der Waals surface area contributed by atoms with E-state index in [1.54, 1.807) is 6.07 Å². The zero-order valence-corrected chi connectivity index (χ0v) is 13.3. The second-order valence-corrected chi connectivity index (χ2v) is 6.12. The second kappa shape index (κ2) is 5.69. The number of aliphatic imine (C=N–C) groups is 1. The Morgan fingerprint density at radius 3 is 2.86 bits per heavy atom. The van der Waals surface area contributed by atoms with E-state index in [1.165, 1.54) is 5.57 Å². The van der Waals surface area contributed by atoms with Crippen molar-refractivity contribution < 1.29 is 14.6 Å². The third-order valence-electron chi connectivity index (χ3n) is 4.48.